The second-order valence-corrected chi connectivity index (χ2v) is 5.10. The van der Waals surface area contributed by atoms with Gasteiger partial charge in [-0.15, -0.1) is 0 Å². The van der Waals surface area contributed by atoms with Crippen molar-refractivity contribution in [2.24, 2.45) is 7.05 Å². The van der Waals surface area contributed by atoms with Gasteiger partial charge >= 0.3 is 0 Å². The van der Waals surface area contributed by atoms with Crippen LogP contribution in [0.3, 0.4) is 0 Å². The summed E-state index contributed by atoms with van der Waals surface area (Å²) in [5.74, 6) is 0. The molecule has 0 saturated heterocycles. The highest BCUT2D eigenvalue weighted by molar-refractivity contribution is 5.93. The smallest absolute Gasteiger partial charge is 0.275 e. The van der Waals surface area contributed by atoms with Crippen LogP contribution < -0.4 is 5.56 Å². The number of nitriles is 1. The minimum absolute atomic E-state index is 0.0385. The molecule has 4 aromatic rings. The van der Waals surface area contributed by atoms with Gasteiger partial charge in [-0.1, -0.05) is 12.1 Å². The fourth-order valence-corrected chi connectivity index (χ4v) is 2.92. The van der Waals surface area contributed by atoms with Crippen LogP contribution in [0, 0.1) is 11.3 Å². The van der Waals surface area contributed by atoms with Gasteiger partial charge in [0, 0.05) is 12.4 Å². The maximum atomic E-state index is 12.5. The van der Waals surface area contributed by atoms with Crippen molar-refractivity contribution in [1.82, 2.24) is 8.97 Å². The van der Waals surface area contributed by atoms with Crippen molar-refractivity contribution in [1.29, 1.82) is 5.26 Å². The standard InChI is InChI=1S/C17H11N3O/c1-19-14-4-2-3-5-15(14)20-13-7-6-11(10-18)8-12(13)9-16(20)17(19)21/h2-9H,1H3. The summed E-state index contributed by atoms with van der Waals surface area (Å²) < 4.78 is 3.63. The van der Waals surface area contributed by atoms with Crippen LogP contribution >= 0.6 is 0 Å². The van der Waals surface area contributed by atoms with E-state index in [0.29, 0.717) is 11.1 Å². The quantitative estimate of drug-likeness (QED) is 0.494. The Labute approximate surface area is 120 Å². The first-order chi connectivity index (χ1) is 10.2. The topological polar surface area (TPSA) is 50.2 Å². The molecule has 0 amide bonds. The Morgan fingerprint density at radius 3 is 2.48 bits per heavy atom. The minimum Gasteiger partial charge on any atom is -0.308 e. The molecule has 0 aliphatic carbocycles. The van der Waals surface area contributed by atoms with Gasteiger partial charge in [-0.05, 0) is 36.4 Å². The molecule has 0 fully saturated rings. The van der Waals surface area contributed by atoms with Crippen LogP contribution in [0.4, 0.5) is 0 Å². The van der Waals surface area contributed by atoms with E-state index in [2.05, 4.69) is 6.07 Å². The van der Waals surface area contributed by atoms with Crippen molar-refractivity contribution in [3.05, 3.63) is 64.4 Å². The van der Waals surface area contributed by atoms with Gasteiger partial charge in [-0.3, -0.25) is 4.79 Å². The molecular formula is C17H11N3O. The van der Waals surface area contributed by atoms with E-state index < -0.39 is 0 Å². The van der Waals surface area contributed by atoms with E-state index in [9.17, 15) is 4.79 Å². The molecule has 0 spiro atoms. The predicted octanol–water partition coefficient (Wildman–Crippen LogP) is 2.82. The molecule has 0 atom stereocenters. The summed E-state index contributed by atoms with van der Waals surface area (Å²) in [6, 6.07) is 17.3. The number of aromatic nitrogens is 2. The van der Waals surface area contributed by atoms with Crippen molar-refractivity contribution in [2.45, 2.75) is 0 Å². The lowest BCUT2D eigenvalue weighted by atomic mass is 10.2. The second-order valence-electron chi connectivity index (χ2n) is 5.10. The molecule has 0 unspecified atom stereocenters. The van der Waals surface area contributed by atoms with E-state index >= 15 is 0 Å². The summed E-state index contributed by atoms with van der Waals surface area (Å²) in [4.78, 5) is 12.5. The molecule has 4 rings (SSSR count). The molecule has 2 heterocycles. The van der Waals surface area contributed by atoms with Gasteiger partial charge in [0.2, 0.25) is 0 Å². The molecule has 4 nitrogen and oxygen atoms in total. The molecule has 2 aromatic carbocycles. The molecule has 0 aliphatic heterocycles. The third-order valence-electron chi connectivity index (χ3n) is 3.94. The van der Waals surface area contributed by atoms with Crippen LogP contribution in [0.15, 0.2) is 53.3 Å². The van der Waals surface area contributed by atoms with Gasteiger partial charge in [-0.2, -0.15) is 5.26 Å². The van der Waals surface area contributed by atoms with Crippen molar-refractivity contribution < 1.29 is 0 Å². The first-order valence-corrected chi connectivity index (χ1v) is 6.64. The van der Waals surface area contributed by atoms with Gasteiger partial charge in [-0.25, -0.2) is 0 Å². The Morgan fingerprint density at radius 2 is 1.71 bits per heavy atom. The monoisotopic (exact) mass is 273 g/mol. The molecule has 2 aromatic heterocycles. The zero-order chi connectivity index (χ0) is 14.6. The molecule has 100 valence electrons. The third-order valence-corrected chi connectivity index (χ3v) is 3.94. The predicted molar refractivity (Wildman–Crippen MR) is 82.4 cm³/mol. The number of rotatable bonds is 0. The van der Waals surface area contributed by atoms with Gasteiger partial charge < -0.3 is 8.97 Å². The third kappa shape index (κ3) is 1.46. The van der Waals surface area contributed by atoms with Gasteiger partial charge in [0.05, 0.1) is 28.2 Å². The van der Waals surface area contributed by atoms with Crippen LogP contribution in [0.2, 0.25) is 0 Å². The maximum Gasteiger partial charge on any atom is 0.275 e. The van der Waals surface area contributed by atoms with E-state index in [4.69, 9.17) is 5.26 Å². The number of aryl methyl sites for hydroxylation is 1. The van der Waals surface area contributed by atoms with Gasteiger partial charge in [0.15, 0.2) is 0 Å². The number of hydrogen-bond acceptors (Lipinski definition) is 2. The number of para-hydroxylation sites is 2. The Hall–Kier alpha value is -3.06. The van der Waals surface area contributed by atoms with E-state index in [1.807, 2.05) is 46.9 Å². The largest absolute Gasteiger partial charge is 0.308 e. The normalized spacial score (nSPS) is 11.2. The highest BCUT2D eigenvalue weighted by atomic mass is 16.1. The van der Waals surface area contributed by atoms with Crippen LogP contribution in [-0.2, 0) is 7.05 Å². The van der Waals surface area contributed by atoms with Crippen molar-refractivity contribution in [3.8, 4) is 6.07 Å². The highest BCUT2D eigenvalue weighted by Gasteiger charge is 2.12. The van der Waals surface area contributed by atoms with Crippen LogP contribution in [0.1, 0.15) is 5.56 Å². The summed E-state index contributed by atoms with van der Waals surface area (Å²) in [5.41, 5.74) is 3.99. The SMILES string of the molecule is Cn1c(=O)c2cc3cc(C#N)ccc3n2c2ccccc21. The molecule has 0 saturated carbocycles. The lowest BCUT2D eigenvalue weighted by molar-refractivity contribution is 0.902. The first-order valence-electron chi connectivity index (χ1n) is 6.64. The van der Waals surface area contributed by atoms with E-state index in [0.717, 1.165) is 21.9 Å². The Bertz CT molecular complexity index is 1130. The van der Waals surface area contributed by atoms with Crippen LogP contribution in [0.25, 0.3) is 27.5 Å². The molecule has 21 heavy (non-hydrogen) atoms. The van der Waals surface area contributed by atoms with Crippen LogP contribution in [0.5, 0.6) is 0 Å². The number of benzene rings is 2. The van der Waals surface area contributed by atoms with Crippen molar-refractivity contribution in [3.63, 3.8) is 0 Å². The fraction of sp³-hybridized carbons (Fsp3) is 0.0588. The number of fused-ring (bicyclic) bond motifs is 5. The minimum atomic E-state index is -0.0385. The zero-order valence-electron chi connectivity index (χ0n) is 11.4. The van der Waals surface area contributed by atoms with Gasteiger partial charge in [0.1, 0.15) is 5.52 Å². The van der Waals surface area contributed by atoms with Gasteiger partial charge in [0.25, 0.3) is 5.56 Å². The van der Waals surface area contributed by atoms with Crippen LogP contribution in [-0.4, -0.2) is 8.97 Å². The number of hydrogen-bond donors (Lipinski definition) is 0. The van der Waals surface area contributed by atoms with Crippen molar-refractivity contribution >= 4 is 27.5 Å². The Morgan fingerprint density at radius 1 is 0.952 bits per heavy atom. The van der Waals surface area contributed by atoms with E-state index in [-0.39, 0.29) is 5.56 Å². The summed E-state index contributed by atoms with van der Waals surface area (Å²) in [5, 5.41) is 9.92. The molecule has 0 N–H and O–H groups in total. The first kappa shape index (κ1) is 11.7. The Balaban J connectivity index is 2.37. The summed E-state index contributed by atoms with van der Waals surface area (Å²) in [6.07, 6.45) is 0. The summed E-state index contributed by atoms with van der Waals surface area (Å²) in [6.45, 7) is 0. The average Bonchev–Trinajstić information content (AvgIpc) is 2.91. The lowest BCUT2D eigenvalue weighted by Gasteiger charge is -2.08. The second kappa shape index (κ2) is 3.97. The lowest BCUT2D eigenvalue weighted by Crippen LogP contribution is -2.19. The molecule has 0 radical (unpaired) electrons. The molecule has 4 heteroatoms. The number of nitrogens with zero attached hydrogens (tertiary/aromatic N) is 3. The van der Waals surface area contributed by atoms with Crippen molar-refractivity contribution in [2.75, 3.05) is 0 Å². The molecular weight excluding hydrogens is 262 g/mol. The Kier molecular flexibility index (Phi) is 2.22. The summed E-state index contributed by atoms with van der Waals surface area (Å²) in [7, 11) is 1.78. The molecule has 0 bridgehead atoms. The molecule has 0 aliphatic rings. The average molecular weight is 273 g/mol. The summed E-state index contributed by atoms with van der Waals surface area (Å²) >= 11 is 0. The fourth-order valence-electron chi connectivity index (χ4n) is 2.92. The maximum absolute atomic E-state index is 12.5. The highest BCUT2D eigenvalue weighted by Crippen LogP contribution is 2.24. The van der Waals surface area contributed by atoms with E-state index in [1.54, 1.807) is 17.7 Å². The van der Waals surface area contributed by atoms with E-state index in [1.165, 1.54) is 0 Å². The zero-order valence-corrected chi connectivity index (χ0v) is 11.4.